The standard InChI is InChI=1S/C15H22N2O3/c1-15(6-4-5-7-15)17-14(18)10-8-12(19-2)13(20-3)9-11(10)16/h8-9H,4-7,16H2,1-3H3,(H,17,18). The first-order valence-corrected chi connectivity index (χ1v) is 6.83. The minimum Gasteiger partial charge on any atom is -0.493 e. The van der Waals surface area contributed by atoms with Crippen molar-refractivity contribution in [3.8, 4) is 11.5 Å². The van der Waals surface area contributed by atoms with Crippen LogP contribution < -0.4 is 20.5 Å². The van der Waals surface area contributed by atoms with E-state index in [1.54, 1.807) is 12.1 Å². The molecule has 0 radical (unpaired) electrons. The first-order valence-electron chi connectivity index (χ1n) is 6.83. The van der Waals surface area contributed by atoms with E-state index in [1.165, 1.54) is 14.2 Å². The summed E-state index contributed by atoms with van der Waals surface area (Å²) < 4.78 is 10.4. The highest BCUT2D eigenvalue weighted by Crippen LogP contribution is 2.33. The van der Waals surface area contributed by atoms with Gasteiger partial charge >= 0.3 is 0 Å². The molecule has 0 heterocycles. The quantitative estimate of drug-likeness (QED) is 0.829. The predicted molar refractivity (Wildman–Crippen MR) is 78.3 cm³/mol. The first kappa shape index (κ1) is 14.5. The van der Waals surface area contributed by atoms with Gasteiger partial charge in [-0.2, -0.15) is 0 Å². The van der Waals surface area contributed by atoms with Gasteiger partial charge in [0.15, 0.2) is 11.5 Å². The second-order valence-corrected chi connectivity index (χ2v) is 5.52. The molecule has 0 aromatic heterocycles. The van der Waals surface area contributed by atoms with Gasteiger partial charge in [-0.05, 0) is 25.8 Å². The number of nitrogens with one attached hydrogen (secondary N) is 1. The highest BCUT2D eigenvalue weighted by Gasteiger charge is 2.31. The predicted octanol–water partition coefficient (Wildman–Crippen LogP) is 2.35. The van der Waals surface area contributed by atoms with E-state index in [4.69, 9.17) is 15.2 Å². The average Bonchev–Trinajstić information content (AvgIpc) is 2.84. The molecule has 3 N–H and O–H groups in total. The zero-order valence-corrected chi connectivity index (χ0v) is 12.3. The molecule has 1 amide bonds. The van der Waals surface area contributed by atoms with Gasteiger partial charge in [-0.3, -0.25) is 4.79 Å². The van der Waals surface area contributed by atoms with Crippen LogP contribution in [0.2, 0.25) is 0 Å². The van der Waals surface area contributed by atoms with Crippen LogP contribution in [-0.4, -0.2) is 25.7 Å². The van der Waals surface area contributed by atoms with Crippen molar-refractivity contribution in [2.45, 2.75) is 38.1 Å². The second-order valence-electron chi connectivity index (χ2n) is 5.52. The van der Waals surface area contributed by atoms with Gasteiger partial charge in [-0.15, -0.1) is 0 Å². The van der Waals surface area contributed by atoms with Crippen molar-refractivity contribution in [2.24, 2.45) is 0 Å². The zero-order chi connectivity index (χ0) is 14.8. The topological polar surface area (TPSA) is 73.6 Å². The van der Waals surface area contributed by atoms with Crippen LogP contribution in [0.25, 0.3) is 0 Å². The molecule has 0 spiro atoms. The Kier molecular flexibility index (Phi) is 4.06. The first-order chi connectivity index (χ1) is 9.49. The highest BCUT2D eigenvalue weighted by atomic mass is 16.5. The summed E-state index contributed by atoms with van der Waals surface area (Å²) in [4.78, 5) is 12.4. The third-order valence-corrected chi connectivity index (χ3v) is 3.92. The number of hydrogen-bond acceptors (Lipinski definition) is 4. The van der Waals surface area contributed by atoms with Crippen LogP contribution in [0.4, 0.5) is 5.69 Å². The number of nitrogens with two attached hydrogens (primary N) is 1. The van der Waals surface area contributed by atoms with Crippen LogP contribution in [0, 0.1) is 0 Å². The van der Waals surface area contributed by atoms with Gasteiger partial charge in [-0.25, -0.2) is 0 Å². The van der Waals surface area contributed by atoms with Crippen molar-refractivity contribution in [3.05, 3.63) is 17.7 Å². The van der Waals surface area contributed by atoms with Gasteiger partial charge in [-0.1, -0.05) is 12.8 Å². The Morgan fingerprint density at radius 2 is 1.75 bits per heavy atom. The number of carbonyl (C=O) groups is 1. The summed E-state index contributed by atoms with van der Waals surface area (Å²) in [6.07, 6.45) is 4.31. The summed E-state index contributed by atoms with van der Waals surface area (Å²) in [6.45, 7) is 2.08. The van der Waals surface area contributed by atoms with Gasteiger partial charge in [0.1, 0.15) is 0 Å². The Morgan fingerprint density at radius 3 is 2.30 bits per heavy atom. The molecule has 0 atom stereocenters. The van der Waals surface area contributed by atoms with Crippen molar-refractivity contribution in [3.63, 3.8) is 0 Å². The van der Waals surface area contributed by atoms with Gasteiger partial charge in [0.2, 0.25) is 0 Å². The fourth-order valence-electron chi connectivity index (χ4n) is 2.71. The number of anilines is 1. The summed E-state index contributed by atoms with van der Waals surface area (Å²) in [5.74, 6) is 0.866. The Balaban J connectivity index is 2.25. The molecule has 5 heteroatoms. The summed E-state index contributed by atoms with van der Waals surface area (Å²) in [6, 6.07) is 3.24. The fraction of sp³-hybridized carbons (Fsp3) is 0.533. The summed E-state index contributed by atoms with van der Waals surface area (Å²) in [5, 5.41) is 3.09. The Bertz CT molecular complexity index is 508. The van der Waals surface area contributed by atoms with E-state index in [2.05, 4.69) is 12.2 Å². The van der Waals surface area contributed by atoms with E-state index in [9.17, 15) is 4.79 Å². The molecule has 2 rings (SSSR count). The lowest BCUT2D eigenvalue weighted by molar-refractivity contribution is 0.0908. The SMILES string of the molecule is COc1cc(N)c(C(=O)NC2(C)CCCC2)cc1OC. The van der Waals surface area contributed by atoms with E-state index in [-0.39, 0.29) is 11.4 Å². The number of methoxy groups -OCH3 is 2. The molecule has 110 valence electrons. The average molecular weight is 278 g/mol. The molecule has 1 aromatic carbocycles. The van der Waals surface area contributed by atoms with Crippen molar-refractivity contribution < 1.29 is 14.3 Å². The van der Waals surface area contributed by atoms with Crippen LogP contribution in [0.15, 0.2) is 12.1 Å². The third-order valence-electron chi connectivity index (χ3n) is 3.92. The number of benzene rings is 1. The maximum atomic E-state index is 12.4. The number of hydrogen-bond donors (Lipinski definition) is 2. The number of rotatable bonds is 4. The summed E-state index contributed by atoms with van der Waals surface area (Å²) in [5.41, 5.74) is 6.63. The van der Waals surface area contributed by atoms with E-state index < -0.39 is 0 Å². The smallest absolute Gasteiger partial charge is 0.253 e. The van der Waals surface area contributed by atoms with Gasteiger partial charge in [0.25, 0.3) is 5.91 Å². The molecule has 1 saturated carbocycles. The molecular formula is C15H22N2O3. The lowest BCUT2D eigenvalue weighted by Crippen LogP contribution is -2.43. The molecule has 0 saturated heterocycles. The molecule has 5 nitrogen and oxygen atoms in total. The normalized spacial score (nSPS) is 16.8. The molecule has 0 unspecified atom stereocenters. The second kappa shape index (κ2) is 5.61. The van der Waals surface area contributed by atoms with Crippen molar-refractivity contribution in [1.29, 1.82) is 0 Å². The minimum atomic E-state index is -0.159. The van der Waals surface area contributed by atoms with Crippen LogP contribution >= 0.6 is 0 Å². The number of ether oxygens (including phenoxy) is 2. The van der Waals surface area contributed by atoms with Crippen molar-refractivity contribution >= 4 is 11.6 Å². The molecule has 1 aromatic rings. The number of amides is 1. The molecule has 0 aliphatic heterocycles. The van der Waals surface area contributed by atoms with Crippen LogP contribution in [0.1, 0.15) is 43.0 Å². The Labute approximate surface area is 119 Å². The molecule has 1 aliphatic rings. The molecule has 1 fully saturated rings. The van der Waals surface area contributed by atoms with E-state index >= 15 is 0 Å². The van der Waals surface area contributed by atoms with Gasteiger partial charge in [0.05, 0.1) is 19.8 Å². The maximum absolute atomic E-state index is 12.4. The zero-order valence-electron chi connectivity index (χ0n) is 12.3. The van der Waals surface area contributed by atoms with Gasteiger partial charge < -0.3 is 20.5 Å². The summed E-state index contributed by atoms with van der Waals surface area (Å²) in [7, 11) is 3.07. The fourth-order valence-corrected chi connectivity index (χ4v) is 2.71. The van der Waals surface area contributed by atoms with E-state index in [0.717, 1.165) is 25.7 Å². The Morgan fingerprint density at radius 1 is 1.20 bits per heavy atom. The molecular weight excluding hydrogens is 256 g/mol. The third kappa shape index (κ3) is 2.81. The van der Waals surface area contributed by atoms with Crippen molar-refractivity contribution in [2.75, 3.05) is 20.0 Å². The minimum absolute atomic E-state index is 0.128. The van der Waals surface area contributed by atoms with Gasteiger partial charge in [0, 0.05) is 17.3 Å². The Hall–Kier alpha value is -1.91. The molecule has 0 bridgehead atoms. The monoisotopic (exact) mass is 278 g/mol. The maximum Gasteiger partial charge on any atom is 0.253 e. The van der Waals surface area contributed by atoms with E-state index in [1.807, 2.05) is 0 Å². The summed E-state index contributed by atoms with van der Waals surface area (Å²) >= 11 is 0. The molecule has 20 heavy (non-hydrogen) atoms. The molecule has 1 aliphatic carbocycles. The number of carbonyl (C=O) groups excluding carboxylic acids is 1. The van der Waals surface area contributed by atoms with Crippen molar-refractivity contribution in [1.82, 2.24) is 5.32 Å². The van der Waals surface area contributed by atoms with E-state index in [0.29, 0.717) is 22.7 Å². The largest absolute Gasteiger partial charge is 0.493 e. The lowest BCUT2D eigenvalue weighted by atomic mass is 9.99. The lowest BCUT2D eigenvalue weighted by Gasteiger charge is -2.25. The van der Waals surface area contributed by atoms with Crippen LogP contribution in [0.3, 0.4) is 0 Å². The van der Waals surface area contributed by atoms with Crippen LogP contribution in [-0.2, 0) is 0 Å². The van der Waals surface area contributed by atoms with Crippen LogP contribution in [0.5, 0.6) is 11.5 Å². The number of nitrogen functional groups attached to an aromatic ring is 1. The highest BCUT2D eigenvalue weighted by molar-refractivity contribution is 6.00.